The zero-order valence-electron chi connectivity index (χ0n) is 15.6. The van der Waals surface area contributed by atoms with E-state index in [1.807, 2.05) is 24.3 Å². The van der Waals surface area contributed by atoms with Crippen LogP contribution < -0.4 is 15.9 Å². The molecule has 2 aliphatic carbocycles. The van der Waals surface area contributed by atoms with Gasteiger partial charge in [0.2, 0.25) is 5.91 Å². The Kier molecular flexibility index (Phi) is 4.14. The van der Waals surface area contributed by atoms with Gasteiger partial charge >= 0.3 is 0 Å². The fraction of sp³-hybridized carbons (Fsp3) is 0.571. The second-order valence-corrected chi connectivity index (χ2v) is 8.45. The maximum absolute atomic E-state index is 12.9. The quantitative estimate of drug-likeness (QED) is 0.903. The summed E-state index contributed by atoms with van der Waals surface area (Å²) in [5.74, 6) is 2.68. The number of carbonyl (C=O) groups excluding carboxylic acids is 1. The summed E-state index contributed by atoms with van der Waals surface area (Å²) in [6.07, 6.45) is 7.80. The molecule has 1 aromatic heterocycles. The normalized spacial score (nSPS) is 26.8. The van der Waals surface area contributed by atoms with Gasteiger partial charge in [0.15, 0.2) is 5.82 Å². The van der Waals surface area contributed by atoms with Crippen LogP contribution in [-0.4, -0.2) is 28.9 Å². The topological polar surface area (TPSA) is 67.2 Å². The van der Waals surface area contributed by atoms with Crippen molar-refractivity contribution in [2.75, 3.05) is 23.4 Å². The molecular weight excluding hydrogens is 340 g/mol. The molecule has 27 heavy (non-hydrogen) atoms. The maximum Gasteiger partial charge on any atom is 0.294 e. The van der Waals surface area contributed by atoms with Crippen LogP contribution in [0.2, 0.25) is 0 Å². The number of hydrogen-bond donors (Lipinski definition) is 1. The molecule has 2 saturated carbocycles. The summed E-state index contributed by atoms with van der Waals surface area (Å²) in [6.45, 7) is 1.88. The lowest BCUT2D eigenvalue weighted by Crippen LogP contribution is -2.37. The molecule has 1 saturated heterocycles. The number of anilines is 1. The molecular formula is C21H26N4O2. The minimum Gasteiger partial charge on any atom is -0.355 e. The fourth-order valence-electron chi connectivity index (χ4n) is 5.44. The Labute approximate surface area is 158 Å². The molecule has 6 heteroatoms. The molecule has 3 atom stereocenters. The van der Waals surface area contributed by atoms with E-state index in [1.165, 1.54) is 24.1 Å². The van der Waals surface area contributed by atoms with Crippen molar-refractivity contribution in [2.45, 2.75) is 44.9 Å². The lowest BCUT2D eigenvalue weighted by Gasteiger charge is -2.22. The summed E-state index contributed by atoms with van der Waals surface area (Å²) >= 11 is 0. The Hall–Kier alpha value is -2.37. The largest absolute Gasteiger partial charge is 0.355 e. The smallest absolute Gasteiger partial charge is 0.294 e. The van der Waals surface area contributed by atoms with Crippen molar-refractivity contribution in [3.8, 4) is 0 Å². The van der Waals surface area contributed by atoms with E-state index in [0.717, 1.165) is 49.5 Å². The number of nitrogens with zero attached hydrogens (tertiary/aromatic N) is 3. The van der Waals surface area contributed by atoms with Gasteiger partial charge in [-0.1, -0.05) is 24.6 Å². The highest BCUT2D eigenvalue weighted by atomic mass is 16.2. The number of amides is 1. The third-order valence-electron chi connectivity index (χ3n) is 6.75. The van der Waals surface area contributed by atoms with Gasteiger partial charge < -0.3 is 4.90 Å². The molecule has 142 valence electrons. The number of hydrogen-bond acceptors (Lipinski definition) is 4. The molecule has 2 heterocycles. The third kappa shape index (κ3) is 3.01. The molecule has 1 aliphatic heterocycles. The Bertz CT molecular complexity index is 931. The average molecular weight is 366 g/mol. The number of benzene rings is 1. The average Bonchev–Trinajstić information content (AvgIpc) is 3.42. The van der Waals surface area contributed by atoms with Gasteiger partial charge in [0.1, 0.15) is 0 Å². The standard InChI is InChI=1S/C21H26N4O2/c26-19(13-16-12-14-7-8-15(16)11-14)22-25-21(27)18-6-2-1-5-17(18)20(23-25)24-9-3-4-10-24/h1-2,5-6,14-16H,3-4,7-13H2,(H,22,26)/t14-,15+,16-/m1/s1. The Morgan fingerprint density at radius 1 is 1.11 bits per heavy atom. The zero-order valence-corrected chi connectivity index (χ0v) is 15.6. The van der Waals surface area contributed by atoms with Crippen molar-refractivity contribution < 1.29 is 4.79 Å². The molecule has 3 aliphatic rings. The van der Waals surface area contributed by atoms with Crippen molar-refractivity contribution in [1.29, 1.82) is 0 Å². The molecule has 5 rings (SSSR count). The number of rotatable bonds is 4. The van der Waals surface area contributed by atoms with Crippen molar-refractivity contribution in [3.63, 3.8) is 0 Å². The summed E-state index contributed by atoms with van der Waals surface area (Å²) in [6, 6.07) is 7.55. The molecule has 2 aromatic rings. The van der Waals surface area contributed by atoms with Gasteiger partial charge in [-0.15, -0.1) is 9.89 Å². The molecule has 1 amide bonds. The molecule has 1 N–H and O–H groups in total. The van der Waals surface area contributed by atoms with Crippen LogP contribution >= 0.6 is 0 Å². The van der Waals surface area contributed by atoms with Crippen LogP contribution in [0, 0.1) is 17.8 Å². The van der Waals surface area contributed by atoms with Crippen molar-refractivity contribution >= 4 is 22.5 Å². The predicted molar refractivity (Wildman–Crippen MR) is 105 cm³/mol. The van der Waals surface area contributed by atoms with E-state index in [-0.39, 0.29) is 11.5 Å². The second kappa shape index (κ2) is 6.66. The number of carbonyl (C=O) groups is 1. The van der Waals surface area contributed by atoms with Crippen LogP contribution in [0.1, 0.15) is 44.9 Å². The first-order valence-corrected chi connectivity index (χ1v) is 10.3. The number of aromatic nitrogens is 2. The first kappa shape index (κ1) is 16.8. The minimum atomic E-state index is -0.255. The van der Waals surface area contributed by atoms with Crippen LogP contribution in [0.15, 0.2) is 29.1 Å². The number of nitrogens with one attached hydrogen (secondary N) is 1. The van der Waals surface area contributed by atoms with Crippen molar-refractivity contribution in [1.82, 2.24) is 9.89 Å². The number of fused-ring (bicyclic) bond motifs is 3. The van der Waals surface area contributed by atoms with E-state index >= 15 is 0 Å². The summed E-state index contributed by atoms with van der Waals surface area (Å²) in [5.41, 5.74) is 2.53. The van der Waals surface area contributed by atoms with Crippen LogP contribution in [-0.2, 0) is 4.79 Å². The monoisotopic (exact) mass is 366 g/mol. The van der Waals surface area contributed by atoms with Gasteiger partial charge in [-0.3, -0.25) is 9.59 Å². The summed E-state index contributed by atoms with van der Waals surface area (Å²) < 4.78 is 0. The molecule has 2 bridgehead atoms. The van der Waals surface area contributed by atoms with E-state index in [1.54, 1.807) is 0 Å². The van der Waals surface area contributed by atoms with Crippen LogP contribution in [0.4, 0.5) is 5.82 Å². The molecule has 0 unspecified atom stereocenters. The van der Waals surface area contributed by atoms with E-state index in [9.17, 15) is 9.59 Å². The third-order valence-corrected chi connectivity index (χ3v) is 6.75. The minimum absolute atomic E-state index is 0.0928. The molecule has 0 radical (unpaired) electrons. The Morgan fingerprint density at radius 2 is 1.89 bits per heavy atom. The van der Waals surface area contributed by atoms with Crippen LogP contribution in [0.25, 0.3) is 10.8 Å². The van der Waals surface area contributed by atoms with Gasteiger partial charge in [-0.05, 0) is 55.9 Å². The SMILES string of the molecule is O=C(C[C@H]1C[C@@H]2CC[C@H]1C2)Nn1nc(N2CCCC2)c2ccccc2c1=O. The molecule has 3 fully saturated rings. The first-order valence-electron chi connectivity index (χ1n) is 10.3. The van der Waals surface area contributed by atoms with Gasteiger partial charge in [0.25, 0.3) is 5.56 Å². The highest BCUT2D eigenvalue weighted by molar-refractivity contribution is 5.92. The van der Waals surface area contributed by atoms with Gasteiger partial charge in [0, 0.05) is 24.9 Å². The zero-order chi connectivity index (χ0) is 18.4. The predicted octanol–water partition coefficient (Wildman–Crippen LogP) is 2.89. The second-order valence-electron chi connectivity index (χ2n) is 8.45. The summed E-state index contributed by atoms with van der Waals surface area (Å²) in [5, 5.41) is 6.01. The highest BCUT2D eigenvalue weighted by Crippen LogP contribution is 2.49. The van der Waals surface area contributed by atoms with Gasteiger partial charge in [0.05, 0.1) is 5.39 Å². The molecule has 1 aromatic carbocycles. The summed E-state index contributed by atoms with van der Waals surface area (Å²) in [4.78, 5) is 28.9. The summed E-state index contributed by atoms with van der Waals surface area (Å²) in [7, 11) is 0. The molecule has 6 nitrogen and oxygen atoms in total. The fourth-order valence-corrected chi connectivity index (χ4v) is 5.44. The lowest BCUT2D eigenvalue weighted by molar-refractivity contribution is -0.118. The van der Waals surface area contributed by atoms with E-state index < -0.39 is 0 Å². The lowest BCUT2D eigenvalue weighted by atomic mass is 9.86. The van der Waals surface area contributed by atoms with Gasteiger partial charge in [-0.25, -0.2) is 5.43 Å². The van der Waals surface area contributed by atoms with E-state index in [0.29, 0.717) is 23.6 Å². The van der Waals surface area contributed by atoms with E-state index in [2.05, 4.69) is 15.4 Å². The van der Waals surface area contributed by atoms with Crippen LogP contribution in [0.5, 0.6) is 0 Å². The van der Waals surface area contributed by atoms with Gasteiger partial charge in [-0.2, -0.15) is 0 Å². The van der Waals surface area contributed by atoms with Crippen molar-refractivity contribution in [3.05, 3.63) is 34.6 Å². The highest BCUT2D eigenvalue weighted by Gasteiger charge is 2.40. The Morgan fingerprint density at radius 3 is 2.59 bits per heavy atom. The van der Waals surface area contributed by atoms with Crippen LogP contribution in [0.3, 0.4) is 0 Å². The Balaban J connectivity index is 1.43. The first-order chi connectivity index (χ1) is 13.2. The maximum atomic E-state index is 12.9. The van der Waals surface area contributed by atoms with E-state index in [4.69, 9.17) is 0 Å². The van der Waals surface area contributed by atoms with Crippen molar-refractivity contribution in [2.24, 2.45) is 17.8 Å². The molecule has 0 spiro atoms.